The van der Waals surface area contributed by atoms with Gasteiger partial charge < -0.3 is 10.2 Å². The second-order valence-electron chi connectivity index (χ2n) is 8.31. The number of benzene rings is 4. The summed E-state index contributed by atoms with van der Waals surface area (Å²) < 4.78 is 0. The van der Waals surface area contributed by atoms with Gasteiger partial charge >= 0.3 is 0 Å². The highest BCUT2D eigenvalue weighted by molar-refractivity contribution is 7.80. The third kappa shape index (κ3) is 6.03. The molecule has 0 aliphatic rings. The molecule has 4 rings (SSSR count). The second-order valence-corrected chi connectivity index (χ2v) is 8.72. The van der Waals surface area contributed by atoms with E-state index in [4.69, 9.17) is 12.2 Å². The van der Waals surface area contributed by atoms with Crippen molar-refractivity contribution >= 4 is 57.4 Å². The van der Waals surface area contributed by atoms with E-state index in [-0.39, 0.29) is 16.9 Å². The molecule has 0 saturated carbocycles. The fraction of sp³-hybridized carbons (Fsp3) is 0.100. The summed E-state index contributed by atoms with van der Waals surface area (Å²) in [6.45, 7) is 4.51. The lowest BCUT2D eigenvalue weighted by molar-refractivity contribution is -0.115. The molecule has 0 aliphatic carbocycles. The molecule has 0 spiro atoms. The molecule has 0 bridgehead atoms. The molecule has 4 aromatic carbocycles. The third-order valence-corrected chi connectivity index (χ3v) is 5.95. The van der Waals surface area contributed by atoms with Gasteiger partial charge in [-0.15, -0.1) is 0 Å². The summed E-state index contributed by atoms with van der Waals surface area (Å²) in [6, 6.07) is 28.9. The maximum Gasteiger partial charge on any atom is 0.258 e. The SMILES string of the molecule is CCN(C(=O)c1ccc(NC(=S)NC(=O)C=Cc2ccc(C)cc2)cc1)c1cccc2ccccc12. The van der Waals surface area contributed by atoms with E-state index in [9.17, 15) is 9.59 Å². The Morgan fingerprint density at radius 2 is 1.58 bits per heavy atom. The van der Waals surface area contributed by atoms with E-state index < -0.39 is 0 Å². The normalized spacial score (nSPS) is 10.8. The molecule has 0 saturated heterocycles. The number of aryl methyl sites for hydroxylation is 1. The van der Waals surface area contributed by atoms with Crippen LogP contribution in [0.5, 0.6) is 0 Å². The van der Waals surface area contributed by atoms with Gasteiger partial charge in [0, 0.05) is 29.3 Å². The first-order chi connectivity index (χ1) is 17.4. The van der Waals surface area contributed by atoms with Crippen molar-refractivity contribution < 1.29 is 9.59 Å². The fourth-order valence-electron chi connectivity index (χ4n) is 3.88. The van der Waals surface area contributed by atoms with Gasteiger partial charge in [0.2, 0.25) is 5.91 Å². The highest BCUT2D eigenvalue weighted by atomic mass is 32.1. The summed E-state index contributed by atoms with van der Waals surface area (Å²) in [4.78, 5) is 27.3. The van der Waals surface area contributed by atoms with E-state index in [0.29, 0.717) is 17.8 Å². The Balaban J connectivity index is 1.39. The van der Waals surface area contributed by atoms with Crippen LogP contribution in [-0.2, 0) is 4.79 Å². The van der Waals surface area contributed by atoms with Gasteiger partial charge in [0.15, 0.2) is 5.11 Å². The van der Waals surface area contributed by atoms with Crippen molar-refractivity contribution in [2.45, 2.75) is 13.8 Å². The molecule has 6 heteroatoms. The molecular weight excluding hydrogens is 466 g/mol. The molecule has 0 fully saturated rings. The van der Waals surface area contributed by atoms with Gasteiger partial charge in [0.1, 0.15) is 0 Å². The van der Waals surface area contributed by atoms with E-state index in [1.807, 2.05) is 80.6 Å². The minimum Gasteiger partial charge on any atom is -0.332 e. The number of rotatable bonds is 6. The Morgan fingerprint density at radius 3 is 2.31 bits per heavy atom. The molecule has 36 heavy (non-hydrogen) atoms. The Kier molecular flexibility index (Phi) is 7.88. The summed E-state index contributed by atoms with van der Waals surface area (Å²) in [5, 5.41) is 7.92. The van der Waals surface area contributed by atoms with E-state index in [2.05, 4.69) is 10.6 Å². The molecule has 2 N–H and O–H groups in total. The molecule has 0 heterocycles. The first kappa shape index (κ1) is 24.8. The van der Waals surface area contributed by atoms with Crippen LogP contribution < -0.4 is 15.5 Å². The molecule has 0 radical (unpaired) electrons. The zero-order valence-electron chi connectivity index (χ0n) is 20.2. The quantitative estimate of drug-likeness (QED) is 0.243. The first-order valence-corrected chi connectivity index (χ1v) is 12.1. The highest BCUT2D eigenvalue weighted by Gasteiger charge is 2.18. The van der Waals surface area contributed by atoms with Crippen LogP contribution in [0.15, 0.2) is 97.1 Å². The fourth-order valence-corrected chi connectivity index (χ4v) is 4.10. The number of nitrogens with one attached hydrogen (secondary N) is 2. The van der Waals surface area contributed by atoms with Crippen molar-refractivity contribution in [3.05, 3.63) is 114 Å². The summed E-state index contributed by atoms with van der Waals surface area (Å²) in [5.41, 5.74) is 4.20. The Morgan fingerprint density at radius 1 is 0.889 bits per heavy atom. The van der Waals surface area contributed by atoms with Gasteiger partial charge in [-0.2, -0.15) is 0 Å². The zero-order valence-corrected chi connectivity index (χ0v) is 21.0. The van der Waals surface area contributed by atoms with Crippen LogP contribution in [0, 0.1) is 6.92 Å². The maximum atomic E-state index is 13.3. The number of carbonyl (C=O) groups is 2. The molecule has 4 aromatic rings. The van der Waals surface area contributed by atoms with Crippen molar-refractivity contribution in [1.29, 1.82) is 0 Å². The minimum absolute atomic E-state index is 0.0856. The average molecular weight is 494 g/mol. The maximum absolute atomic E-state index is 13.3. The summed E-state index contributed by atoms with van der Waals surface area (Å²) in [5.74, 6) is -0.411. The summed E-state index contributed by atoms with van der Waals surface area (Å²) in [7, 11) is 0. The van der Waals surface area contributed by atoms with Crippen LogP contribution >= 0.6 is 12.2 Å². The van der Waals surface area contributed by atoms with Crippen molar-refractivity contribution in [2.24, 2.45) is 0 Å². The number of amides is 2. The number of anilines is 2. The minimum atomic E-state index is -0.325. The van der Waals surface area contributed by atoms with Gasteiger partial charge in [-0.1, -0.05) is 66.2 Å². The van der Waals surface area contributed by atoms with E-state index in [1.165, 1.54) is 6.08 Å². The molecule has 5 nitrogen and oxygen atoms in total. The molecule has 0 aliphatic heterocycles. The number of hydrogen-bond acceptors (Lipinski definition) is 3. The average Bonchev–Trinajstić information content (AvgIpc) is 2.89. The number of fused-ring (bicyclic) bond motifs is 1. The van der Waals surface area contributed by atoms with Crippen LogP contribution in [0.1, 0.15) is 28.4 Å². The van der Waals surface area contributed by atoms with Crippen molar-refractivity contribution in [1.82, 2.24) is 5.32 Å². The van der Waals surface area contributed by atoms with E-state index in [1.54, 1.807) is 35.2 Å². The number of thiocarbonyl (C=S) groups is 1. The molecule has 2 amide bonds. The van der Waals surface area contributed by atoms with Gasteiger partial charge in [0.05, 0.1) is 5.69 Å². The lowest BCUT2D eigenvalue weighted by atomic mass is 10.1. The predicted molar refractivity (Wildman–Crippen MR) is 152 cm³/mol. The van der Waals surface area contributed by atoms with Gasteiger partial charge in [-0.3, -0.25) is 14.9 Å². The van der Waals surface area contributed by atoms with E-state index in [0.717, 1.165) is 27.6 Å². The predicted octanol–water partition coefficient (Wildman–Crippen LogP) is 6.34. The Hall–Kier alpha value is -4.29. The lowest BCUT2D eigenvalue weighted by Gasteiger charge is -2.23. The topological polar surface area (TPSA) is 61.4 Å². The van der Waals surface area contributed by atoms with Crippen LogP contribution in [0.25, 0.3) is 16.8 Å². The van der Waals surface area contributed by atoms with Crippen molar-refractivity contribution in [2.75, 3.05) is 16.8 Å². The van der Waals surface area contributed by atoms with Gasteiger partial charge in [0.25, 0.3) is 5.91 Å². The molecular formula is C30H27N3O2S. The van der Waals surface area contributed by atoms with Crippen molar-refractivity contribution in [3.63, 3.8) is 0 Å². The van der Waals surface area contributed by atoms with Crippen LogP contribution in [0.3, 0.4) is 0 Å². The third-order valence-electron chi connectivity index (χ3n) is 5.75. The van der Waals surface area contributed by atoms with Gasteiger partial charge in [-0.25, -0.2) is 0 Å². The summed E-state index contributed by atoms with van der Waals surface area (Å²) >= 11 is 5.26. The molecule has 0 atom stereocenters. The smallest absolute Gasteiger partial charge is 0.258 e. The Bertz CT molecular complexity index is 1420. The largest absolute Gasteiger partial charge is 0.332 e. The summed E-state index contributed by atoms with van der Waals surface area (Å²) in [6.07, 6.45) is 3.17. The highest BCUT2D eigenvalue weighted by Crippen LogP contribution is 2.28. The van der Waals surface area contributed by atoms with Gasteiger partial charge in [-0.05, 0) is 73.4 Å². The second kappa shape index (κ2) is 11.4. The zero-order chi connectivity index (χ0) is 25.5. The van der Waals surface area contributed by atoms with Crippen LogP contribution in [0.4, 0.5) is 11.4 Å². The standard InChI is InChI=1S/C30H27N3O2S/c1-3-33(27-10-6-8-23-7-4-5-9-26(23)27)29(35)24-16-18-25(19-17-24)31-30(36)32-28(34)20-15-22-13-11-21(2)12-14-22/h4-20H,3H2,1-2H3,(H2,31,32,34,36). The van der Waals surface area contributed by atoms with E-state index >= 15 is 0 Å². The van der Waals surface area contributed by atoms with Crippen LogP contribution in [0.2, 0.25) is 0 Å². The molecule has 180 valence electrons. The number of hydrogen-bond donors (Lipinski definition) is 2. The molecule has 0 unspecified atom stereocenters. The number of carbonyl (C=O) groups excluding carboxylic acids is 2. The Labute approximate surface area is 216 Å². The molecule has 0 aromatic heterocycles. The first-order valence-electron chi connectivity index (χ1n) is 11.7. The monoisotopic (exact) mass is 493 g/mol. The lowest BCUT2D eigenvalue weighted by Crippen LogP contribution is -2.33. The number of nitrogens with zero attached hydrogens (tertiary/aromatic N) is 1. The van der Waals surface area contributed by atoms with Crippen LogP contribution in [-0.4, -0.2) is 23.5 Å². The van der Waals surface area contributed by atoms with Crippen molar-refractivity contribution in [3.8, 4) is 0 Å².